The van der Waals surface area contributed by atoms with Crippen LogP contribution in [0.4, 0.5) is 0 Å². The SMILES string of the molecule is CCC(NCc1ccc(C)c(Cl)c1)c1ccccc1OC. The first-order valence-electron chi connectivity index (χ1n) is 7.27. The zero-order valence-corrected chi connectivity index (χ0v) is 13.6. The van der Waals surface area contributed by atoms with Gasteiger partial charge in [0.15, 0.2) is 0 Å². The molecule has 0 amide bonds. The maximum Gasteiger partial charge on any atom is 0.123 e. The van der Waals surface area contributed by atoms with Gasteiger partial charge in [0, 0.05) is 23.2 Å². The lowest BCUT2D eigenvalue weighted by Gasteiger charge is -2.20. The smallest absolute Gasteiger partial charge is 0.123 e. The van der Waals surface area contributed by atoms with Crippen LogP contribution in [0.15, 0.2) is 42.5 Å². The van der Waals surface area contributed by atoms with E-state index in [9.17, 15) is 0 Å². The summed E-state index contributed by atoms with van der Waals surface area (Å²) in [5, 5.41) is 4.40. The predicted octanol–water partition coefficient (Wildman–Crippen LogP) is 4.90. The van der Waals surface area contributed by atoms with Gasteiger partial charge in [0.1, 0.15) is 5.75 Å². The third kappa shape index (κ3) is 3.99. The number of hydrogen-bond donors (Lipinski definition) is 1. The molecule has 2 aromatic carbocycles. The van der Waals surface area contributed by atoms with Gasteiger partial charge >= 0.3 is 0 Å². The van der Waals surface area contributed by atoms with Gasteiger partial charge in [-0.3, -0.25) is 0 Å². The number of ether oxygens (including phenoxy) is 1. The maximum atomic E-state index is 6.18. The minimum atomic E-state index is 0.265. The van der Waals surface area contributed by atoms with Crippen molar-refractivity contribution in [3.05, 3.63) is 64.2 Å². The normalized spacial score (nSPS) is 12.2. The van der Waals surface area contributed by atoms with E-state index in [-0.39, 0.29) is 6.04 Å². The lowest BCUT2D eigenvalue weighted by atomic mass is 10.0. The fourth-order valence-corrected chi connectivity index (χ4v) is 2.62. The van der Waals surface area contributed by atoms with Gasteiger partial charge in [0.2, 0.25) is 0 Å². The molecule has 2 nitrogen and oxygen atoms in total. The van der Waals surface area contributed by atoms with E-state index in [0.717, 1.165) is 29.3 Å². The summed E-state index contributed by atoms with van der Waals surface area (Å²) in [5.41, 5.74) is 3.50. The number of methoxy groups -OCH3 is 1. The molecule has 1 unspecified atom stereocenters. The predicted molar refractivity (Wildman–Crippen MR) is 89.1 cm³/mol. The summed E-state index contributed by atoms with van der Waals surface area (Å²) in [6.07, 6.45) is 1.000. The molecule has 21 heavy (non-hydrogen) atoms. The molecule has 0 aliphatic heterocycles. The summed E-state index contributed by atoms with van der Waals surface area (Å²) in [6.45, 7) is 4.98. The number of benzene rings is 2. The zero-order chi connectivity index (χ0) is 15.2. The van der Waals surface area contributed by atoms with Gasteiger partial charge in [-0.05, 0) is 36.6 Å². The molecule has 0 aromatic heterocycles. The number of rotatable bonds is 6. The summed E-state index contributed by atoms with van der Waals surface area (Å²) < 4.78 is 5.45. The van der Waals surface area contributed by atoms with Crippen molar-refractivity contribution < 1.29 is 4.74 Å². The van der Waals surface area contributed by atoms with Crippen LogP contribution in [-0.2, 0) is 6.54 Å². The van der Waals surface area contributed by atoms with E-state index in [0.29, 0.717) is 0 Å². The summed E-state index contributed by atoms with van der Waals surface area (Å²) in [6, 6.07) is 14.6. The largest absolute Gasteiger partial charge is 0.496 e. The van der Waals surface area contributed by atoms with Gasteiger partial charge in [-0.2, -0.15) is 0 Å². The van der Waals surface area contributed by atoms with E-state index < -0.39 is 0 Å². The van der Waals surface area contributed by atoms with E-state index in [1.54, 1.807) is 7.11 Å². The summed E-state index contributed by atoms with van der Waals surface area (Å²) in [5.74, 6) is 0.929. The van der Waals surface area contributed by atoms with Crippen molar-refractivity contribution >= 4 is 11.6 Å². The van der Waals surface area contributed by atoms with E-state index in [2.05, 4.69) is 30.4 Å². The zero-order valence-electron chi connectivity index (χ0n) is 12.8. The van der Waals surface area contributed by atoms with E-state index >= 15 is 0 Å². The molecule has 1 atom stereocenters. The van der Waals surface area contributed by atoms with Gasteiger partial charge in [-0.25, -0.2) is 0 Å². The summed E-state index contributed by atoms with van der Waals surface area (Å²) >= 11 is 6.18. The highest BCUT2D eigenvalue weighted by Gasteiger charge is 2.13. The topological polar surface area (TPSA) is 21.3 Å². The Balaban J connectivity index is 2.10. The molecule has 2 aromatic rings. The van der Waals surface area contributed by atoms with Gasteiger partial charge in [0.05, 0.1) is 7.11 Å². The Morgan fingerprint density at radius 1 is 1.19 bits per heavy atom. The molecule has 0 saturated heterocycles. The van der Waals surface area contributed by atoms with Crippen LogP contribution in [0, 0.1) is 6.92 Å². The third-order valence-corrected chi connectivity index (χ3v) is 4.12. The molecule has 3 heteroatoms. The van der Waals surface area contributed by atoms with Gasteiger partial charge in [-0.1, -0.05) is 48.9 Å². The fourth-order valence-electron chi connectivity index (χ4n) is 2.42. The van der Waals surface area contributed by atoms with Gasteiger partial charge in [0.25, 0.3) is 0 Å². The van der Waals surface area contributed by atoms with Crippen LogP contribution in [0.1, 0.15) is 36.1 Å². The first kappa shape index (κ1) is 15.9. The third-order valence-electron chi connectivity index (χ3n) is 3.71. The average Bonchev–Trinajstić information content (AvgIpc) is 2.51. The standard InChI is InChI=1S/C18H22ClNO/c1-4-17(15-7-5-6-8-18(15)21-3)20-12-14-10-9-13(2)16(19)11-14/h5-11,17,20H,4,12H2,1-3H3. The van der Waals surface area contributed by atoms with Crippen molar-refractivity contribution in [2.75, 3.05) is 7.11 Å². The first-order chi connectivity index (χ1) is 10.2. The Labute approximate surface area is 132 Å². The Morgan fingerprint density at radius 3 is 2.62 bits per heavy atom. The second kappa shape index (κ2) is 7.48. The lowest BCUT2D eigenvalue weighted by molar-refractivity contribution is 0.396. The van der Waals surface area contributed by atoms with Crippen molar-refractivity contribution in [3.63, 3.8) is 0 Å². The summed E-state index contributed by atoms with van der Waals surface area (Å²) in [7, 11) is 1.71. The van der Waals surface area contributed by atoms with E-state index in [1.165, 1.54) is 11.1 Å². The minimum absolute atomic E-state index is 0.265. The van der Waals surface area contributed by atoms with Crippen LogP contribution in [0.5, 0.6) is 5.75 Å². The molecule has 112 valence electrons. The van der Waals surface area contributed by atoms with E-state index in [4.69, 9.17) is 16.3 Å². The monoisotopic (exact) mass is 303 g/mol. The fraction of sp³-hybridized carbons (Fsp3) is 0.333. The molecule has 0 saturated carbocycles. The highest BCUT2D eigenvalue weighted by Crippen LogP contribution is 2.27. The number of para-hydroxylation sites is 1. The molecule has 0 aliphatic carbocycles. The van der Waals surface area contributed by atoms with Crippen LogP contribution in [0.2, 0.25) is 5.02 Å². The van der Waals surface area contributed by atoms with Crippen LogP contribution >= 0.6 is 11.6 Å². The number of hydrogen-bond acceptors (Lipinski definition) is 2. The molecular formula is C18H22ClNO. The average molecular weight is 304 g/mol. The Bertz CT molecular complexity index is 598. The molecule has 0 radical (unpaired) electrons. The second-order valence-electron chi connectivity index (χ2n) is 5.17. The number of aryl methyl sites for hydroxylation is 1. The molecule has 0 heterocycles. The first-order valence-corrected chi connectivity index (χ1v) is 7.64. The van der Waals surface area contributed by atoms with Crippen LogP contribution in [-0.4, -0.2) is 7.11 Å². The number of halogens is 1. The van der Waals surface area contributed by atoms with Crippen molar-refractivity contribution in [2.24, 2.45) is 0 Å². The maximum absolute atomic E-state index is 6.18. The molecular weight excluding hydrogens is 282 g/mol. The van der Waals surface area contributed by atoms with Crippen molar-refractivity contribution in [1.82, 2.24) is 5.32 Å². The highest BCUT2D eigenvalue weighted by atomic mass is 35.5. The molecule has 0 spiro atoms. The van der Waals surface area contributed by atoms with E-state index in [1.807, 2.05) is 31.2 Å². The second-order valence-corrected chi connectivity index (χ2v) is 5.57. The minimum Gasteiger partial charge on any atom is -0.496 e. The quantitative estimate of drug-likeness (QED) is 0.819. The van der Waals surface area contributed by atoms with Crippen molar-refractivity contribution in [1.29, 1.82) is 0 Å². The highest BCUT2D eigenvalue weighted by molar-refractivity contribution is 6.31. The van der Waals surface area contributed by atoms with Gasteiger partial charge < -0.3 is 10.1 Å². The molecule has 0 bridgehead atoms. The Morgan fingerprint density at radius 2 is 1.95 bits per heavy atom. The molecule has 1 N–H and O–H groups in total. The lowest BCUT2D eigenvalue weighted by Crippen LogP contribution is -2.20. The summed E-state index contributed by atoms with van der Waals surface area (Å²) in [4.78, 5) is 0. The van der Waals surface area contributed by atoms with Crippen LogP contribution < -0.4 is 10.1 Å². The number of nitrogens with one attached hydrogen (secondary N) is 1. The van der Waals surface area contributed by atoms with Gasteiger partial charge in [-0.15, -0.1) is 0 Å². The molecule has 0 fully saturated rings. The molecule has 0 aliphatic rings. The van der Waals surface area contributed by atoms with Crippen molar-refractivity contribution in [3.8, 4) is 5.75 Å². The Hall–Kier alpha value is -1.51. The Kier molecular flexibility index (Phi) is 5.66. The van der Waals surface area contributed by atoms with Crippen LogP contribution in [0.3, 0.4) is 0 Å². The molecule has 2 rings (SSSR count). The van der Waals surface area contributed by atoms with Crippen molar-refractivity contribution in [2.45, 2.75) is 32.9 Å². The van der Waals surface area contributed by atoms with Crippen LogP contribution in [0.25, 0.3) is 0 Å².